The molecule has 1 heterocycles. The fraction of sp³-hybridized carbons (Fsp3) is 0.385. The van der Waals surface area contributed by atoms with Crippen molar-refractivity contribution in [2.45, 2.75) is 18.3 Å². The van der Waals surface area contributed by atoms with E-state index in [1.54, 1.807) is 0 Å². The van der Waals surface area contributed by atoms with Crippen LogP contribution in [0.1, 0.15) is 24.0 Å². The van der Waals surface area contributed by atoms with Crippen LogP contribution in [0.25, 0.3) is 6.08 Å². The molecule has 0 aromatic heterocycles. The number of piperidine rings is 1. The first-order valence-corrected chi connectivity index (χ1v) is 5.33. The quantitative estimate of drug-likeness (QED) is 0.587. The van der Waals surface area contributed by atoms with Crippen LogP contribution in [-0.4, -0.2) is 13.1 Å². The summed E-state index contributed by atoms with van der Waals surface area (Å²) >= 11 is 0. The smallest absolute Gasteiger partial charge is 0.0166 e. The summed E-state index contributed by atoms with van der Waals surface area (Å²) in [6, 6.07) is 8.77. The zero-order valence-corrected chi connectivity index (χ0v) is 8.24. The number of hydrogen-bond donors (Lipinski definition) is 0. The molecule has 1 fully saturated rings. The van der Waals surface area contributed by atoms with Crippen LogP contribution in [0.3, 0.4) is 0 Å². The molecule has 3 rings (SSSR count). The molecule has 2 aliphatic rings. The maximum atomic E-state index is 4.44. The van der Waals surface area contributed by atoms with Crippen molar-refractivity contribution >= 4 is 6.08 Å². The predicted octanol–water partition coefficient (Wildman–Crippen LogP) is 2.35. The second-order valence-electron chi connectivity index (χ2n) is 4.25. The van der Waals surface area contributed by atoms with Gasteiger partial charge in [-0.1, -0.05) is 36.4 Å². The van der Waals surface area contributed by atoms with E-state index in [2.05, 4.69) is 41.7 Å². The third kappa shape index (κ3) is 1.05. The van der Waals surface area contributed by atoms with Gasteiger partial charge in [-0.2, -0.15) is 0 Å². The molecule has 0 N–H and O–H groups in total. The van der Waals surface area contributed by atoms with Gasteiger partial charge < -0.3 is 0 Å². The van der Waals surface area contributed by atoms with E-state index in [0.29, 0.717) is 5.41 Å². The van der Waals surface area contributed by atoms with Gasteiger partial charge in [0.1, 0.15) is 0 Å². The van der Waals surface area contributed by atoms with Gasteiger partial charge >= 0.3 is 0 Å². The number of allylic oxidation sites excluding steroid dienone is 1. The highest BCUT2D eigenvalue weighted by Gasteiger charge is 2.35. The first kappa shape index (κ1) is 8.25. The molecule has 1 radical (unpaired) electrons. The summed E-state index contributed by atoms with van der Waals surface area (Å²) in [7, 11) is 0. The summed E-state index contributed by atoms with van der Waals surface area (Å²) < 4.78 is 0. The Morgan fingerprint density at radius 3 is 2.71 bits per heavy atom. The Balaban J connectivity index is 2.07. The molecule has 1 saturated heterocycles. The summed E-state index contributed by atoms with van der Waals surface area (Å²) in [6.45, 7) is 2.05. The molecule has 0 saturated carbocycles. The van der Waals surface area contributed by atoms with E-state index >= 15 is 0 Å². The lowest BCUT2D eigenvalue weighted by molar-refractivity contribution is 0.373. The Morgan fingerprint density at radius 1 is 1.07 bits per heavy atom. The van der Waals surface area contributed by atoms with Crippen LogP contribution in [-0.2, 0) is 5.41 Å². The SMILES string of the molecule is C1=CC2(CC[N]CC2)c2ccccc21. The van der Waals surface area contributed by atoms with Crippen LogP contribution in [0, 0.1) is 0 Å². The number of nitrogens with zero attached hydrogens (tertiary/aromatic N) is 1. The Morgan fingerprint density at radius 2 is 1.86 bits per heavy atom. The summed E-state index contributed by atoms with van der Waals surface area (Å²) in [4.78, 5) is 0. The van der Waals surface area contributed by atoms with E-state index in [9.17, 15) is 0 Å². The van der Waals surface area contributed by atoms with Gasteiger partial charge in [-0.3, -0.25) is 0 Å². The maximum absolute atomic E-state index is 4.44. The Kier molecular flexibility index (Phi) is 1.74. The van der Waals surface area contributed by atoms with Crippen LogP contribution in [0.5, 0.6) is 0 Å². The molecule has 1 aliphatic carbocycles. The zero-order valence-electron chi connectivity index (χ0n) is 8.24. The Labute approximate surface area is 84.8 Å². The largest absolute Gasteiger partial charge is 0.242 e. The predicted molar refractivity (Wildman–Crippen MR) is 58.3 cm³/mol. The van der Waals surface area contributed by atoms with Gasteiger partial charge in [-0.25, -0.2) is 5.32 Å². The van der Waals surface area contributed by atoms with Crippen molar-refractivity contribution in [2.75, 3.05) is 13.1 Å². The van der Waals surface area contributed by atoms with E-state index < -0.39 is 0 Å². The van der Waals surface area contributed by atoms with Gasteiger partial charge in [0.05, 0.1) is 0 Å². The average molecular weight is 184 g/mol. The molecule has 71 valence electrons. The number of rotatable bonds is 0. The molecule has 1 heteroatoms. The molecule has 1 nitrogen and oxygen atoms in total. The van der Waals surface area contributed by atoms with Gasteiger partial charge in [-0.05, 0) is 24.0 Å². The summed E-state index contributed by atoms with van der Waals surface area (Å²) in [6.07, 6.45) is 7.06. The molecule has 1 aliphatic heterocycles. The summed E-state index contributed by atoms with van der Waals surface area (Å²) in [5, 5.41) is 4.44. The molecule has 1 aromatic carbocycles. The molecule has 0 bridgehead atoms. The third-order valence-corrected chi connectivity index (χ3v) is 3.51. The Hall–Kier alpha value is -1.08. The monoisotopic (exact) mass is 184 g/mol. The second kappa shape index (κ2) is 2.96. The van der Waals surface area contributed by atoms with Gasteiger partial charge in [0.15, 0.2) is 0 Å². The van der Waals surface area contributed by atoms with Gasteiger partial charge in [0.25, 0.3) is 0 Å². The molecule has 1 aromatic rings. The third-order valence-electron chi connectivity index (χ3n) is 3.51. The van der Waals surface area contributed by atoms with Gasteiger partial charge in [0.2, 0.25) is 0 Å². The number of hydrogen-bond acceptors (Lipinski definition) is 0. The highest BCUT2D eigenvalue weighted by Crippen LogP contribution is 2.42. The van der Waals surface area contributed by atoms with Crippen LogP contribution < -0.4 is 5.32 Å². The number of benzene rings is 1. The molecule has 0 unspecified atom stereocenters. The van der Waals surface area contributed by atoms with Crippen LogP contribution in [0.4, 0.5) is 0 Å². The minimum absolute atomic E-state index is 0.332. The molecule has 0 atom stereocenters. The van der Waals surface area contributed by atoms with Crippen molar-refractivity contribution in [1.82, 2.24) is 5.32 Å². The molecule has 14 heavy (non-hydrogen) atoms. The zero-order chi connectivity index (χ0) is 9.43. The topological polar surface area (TPSA) is 14.1 Å². The van der Waals surface area contributed by atoms with Crippen molar-refractivity contribution in [1.29, 1.82) is 0 Å². The van der Waals surface area contributed by atoms with E-state index in [1.165, 1.54) is 24.0 Å². The van der Waals surface area contributed by atoms with Crippen molar-refractivity contribution < 1.29 is 0 Å². The van der Waals surface area contributed by atoms with Crippen molar-refractivity contribution in [2.24, 2.45) is 0 Å². The average Bonchev–Trinajstić information content (AvgIpc) is 2.60. The van der Waals surface area contributed by atoms with Gasteiger partial charge in [0, 0.05) is 18.5 Å². The van der Waals surface area contributed by atoms with Crippen LogP contribution in [0.2, 0.25) is 0 Å². The minimum Gasteiger partial charge on any atom is -0.242 e. The van der Waals surface area contributed by atoms with Crippen LogP contribution >= 0.6 is 0 Å². The summed E-state index contributed by atoms with van der Waals surface area (Å²) in [5.74, 6) is 0. The van der Waals surface area contributed by atoms with Crippen LogP contribution in [0.15, 0.2) is 30.3 Å². The Bertz CT molecular complexity index is 373. The highest BCUT2D eigenvalue weighted by atomic mass is 14.9. The lowest BCUT2D eigenvalue weighted by atomic mass is 9.75. The lowest BCUT2D eigenvalue weighted by Crippen LogP contribution is -2.34. The molecule has 1 spiro atoms. The van der Waals surface area contributed by atoms with Gasteiger partial charge in [-0.15, -0.1) is 0 Å². The molecular weight excluding hydrogens is 170 g/mol. The normalized spacial score (nSPS) is 22.6. The number of fused-ring (bicyclic) bond motifs is 2. The maximum Gasteiger partial charge on any atom is 0.0166 e. The lowest BCUT2D eigenvalue weighted by Gasteiger charge is -2.32. The fourth-order valence-electron chi connectivity index (χ4n) is 2.66. The fourth-order valence-corrected chi connectivity index (χ4v) is 2.66. The van der Waals surface area contributed by atoms with Crippen molar-refractivity contribution in [3.63, 3.8) is 0 Å². The standard InChI is InChI=1S/C13H14N/c1-2-4-12-11(3-1)5-6-13(12)7-9-14-10-8-13/h1-6H,7-10H2. The van der Waals surface area contributed by atoms with Crippen molar-refractivity contribution in [3.8, 4) is 0 Å². The molecule has 0 amide bonds. The van der Waals surface area contributed by atoms with E-state index in [4.69, 9.17) is 0 Å². The van der Waals surface area contributed by atoms with E-state index in [1.807, 2.05) is 0 Å². The highest BCUT2D eigenvalue weighted by molar-refractivity contribution is 5.65. The van der Waals surface area contributed by atoms with E-state index in [0.717, 1.165) is 13.1 Å². The minimum atomic E-state index is 0.332. The summed E-state index contributed by atoms with van der Waals surface area (Å²) in [5.41, 5.74) is 3.27. The van der Waals surface area contributed by atoms with E-state index in [-0.39, 0.29) is 0 Å². The van der Waals surface area contributed by atoms with Crippen molar-refractivity contribution in [3.05, 3.63) is 41.5 Å². The first-order valence-electron chi connectivity index (χ1n) is 5.33. The second-order valence-corrected chi connectivity index (χ2v) is 4.25. The first-order chi connectivity index (χ1) is 6.91. The molecular formula is C13H14N.